The predicted molar refractivity (Wildman–Crippen MR) is 101 cm³/mol. The minimum absolute atomic E-state index is 0.209. The maximum Gasteiger partial charge on any atom is 0.229 e. The molecule has 0 N–H and O–H groups in total. The van der Waals surface area contributed by atoms with Gasteiger partial charge in [0.2, 0.25) is 11.8 Å². The van der Waals surface area contributed by atoms with E-state index in [1.165, 1.54) is 0 Å². The fourth-order valence-corrected chi connectivity index (χ4v) is 4.76. The van der Waals surface area contributed by atoms with Gasteiger partial charge in [0, 0.05) is 32.7 Å². The molecule has 1 unspecified atom stereocenters. The van der Waals surface area contributed by atoms with Gasteiger partial charge in [-0.25, -0.2) is 0 Å². The van der Waals surface area contributed by atoms with E-state index in [1.54, 1.807) is 0 Å². The highest BCUT2D eigenvalue weighted by atomic mass is 16.5. The van der Waals surface area contributed by atoms with Crippen molar-refractivity contribution < 1.29 is 14.3 Å². The number of amides is 2. The number of hydrogen-bond acceptors (Lipinski definition) is 4. The molecular weight excluding hydrogens is 330 g/mol. The summed E-state index contributed by atoms with van der Waals surface area (Å²) in [5.41, 5.74) is -0.625. The summed E-state index contributed by atoms with van der Waals surface area (Å²) >= 11 is 0. The Kier molecular flexibility index (Phi) is 5.63. The van der Waals surface area contributed by atoms with Crippen LogP contribution in [-0.2, 0) is 14.3 Å². The summed E-state index contributed by atoms with van der Waals surface area (Å²) in [5, 5.41) is 0. The van der Waals surface area contributed by atoms with Gasteiger partial charge < -0.3 is 19.4 Å². The van der Waals surface area contributed by atoms with Gasteiger partial charge in [0.1, 0.15) is 0 Å². The van der Waals surface area contributed by atoms with E-state index in [2.05, 4.69) is 32.7 Å². The van der Waals surface area contributed by atoms with Gasteiger partial charge >= 0.3 is 0 Å². The van der Waals surface area contributed by atoms with Crippen molar-refractivity contribution in [3.05, 3.63) is 0 Å². The van der Waals surface area contributed by atoms with Gasteiger partial charge in [-0.15, -0.1) is 0 Å². The van der Waals surface area contributed by atoms with Crippen LogP contribution in [0.25, 0.3) is 0 Å². The number of carbonyl (C=O) groups excluding carboxylic acids is 2. The number of piperidine rings is 1. The van der Waals surface area contributed by atoms with E-state index in [0.29, 0.717) is 38.6 Å². The van der Waals surface area contributed by atoms with Gasteiger partial charge in [-0.3, -0.25) is 9.59 Å². The molecule has 2 amide bonds. The van der Waals surface area contributed by atoms with E-state index in [9.17, 15) is 9.59 Å². The number of likely N-dealkylation sites (tertiary alicyclic amines) is 2. The number of carbonyl (C=O) groups is 2. The summed E-state index contributed by atoms with van der Waals surface area (Å²) in [5.74, 6) is 0.955. The van der Waals surface area contributed by atoms with Crippen molar-refractivity contribution in [1.29, 1.82) is 0 Å². The van der Waals surface area contributed by atoms with E-state index < -0.39 is 0 Å². The molecule has 0 aliphatic carbocycles. The first-order chi connectivity index (χ1) is 12.2. The Morgan fingerprint density at radius 1 is 1.15 bits per heavy atom. The van der Waals surface area contributed by atoms with Crippen molar-refractivity contribution in [2.45, 2.75) is 52.1 Å². The number of nitrogens with zero attached hydrogens (tertiary/aromatic N) is 3. The second-order valence-corrected chi connectivity index (χ2v) is 9.28. The number of ether oxygens (including phenoxy) is 1. The first-order valence-corrected chi connectivity index (χ1v) is 10.1. The van der Waals surface area contributed by atoms with E-state index in [1.807, 2.05) is 9.80 Å². The Bertz CT molecular complexity index is 542. The normalized spacial score (nSPS) is 30.3. The molecule has 3 heterocycles. The number of rotatable bonds is 3. The van der Waals surface area contributed by atoms with Crippen molar-refractivity contribution in [2.75, 3.05) is 52.9 Å². The third-order valence-electron chi connectivity index (χ3n) is 6.32. The maximum atomic E-state index is 13.0. The molecule has 6 nitrogen and oxygen atoms in total. The molecule has 6 heteroatoms. The summed E-state index contributed by atoms with van der Waals surface area (Å²) in [6.07, 6.45) is 2.93. The average Bonchev–Trinajstić information content (AvgIpc) is 2.86. The summed E-state index contributed by atoms with van der Waals surface area (Å²) in [7, 11) is 2.08. The number of hydrogen-bond donors (Lipinski definition) is 0. The summed E-state index contributed by atoms with van der Waals surface area (Å²) in [4.78, 5) is 31.9. The molecule has 0 aromatic heterocycles. The third kappa shape index (κ3) is 4.06. The Labute approximate surface area is 157 Å². The molecule has 3 saturated heterocycles. The molecule has 26 heavy (non-hydrogen) atoms. The highest BCUT2D eigenvalue weighted by Crippen LogP contribution is 2.36. The van der Waals surface area contributed by atoms with Crippen LogP contribution < -0.4 is 0 Å². The van der Waals surface area contributed by atoms with Gasteiger partial charge in [-0.1, -0.05) is 13.8 Å². The van der Waals surface area contributed by atoms with Gasteiger partial charge in [0.05, 0.1) is 24.0 Å². The second-order valence-electron chi connectivity index (χ2n) is 9.28. The van der Waals surface area contributed by atoms with Gasteiger partial charge in [-0.2, -0.15) is 0 Å². The first-order valence-electron chi connectivity index (χ1n) is 10.1. The Morgan fingerprint density at radius 2 is 1.85 bits per heavy atom. The molecule has 0 aromatic carbocycles. The minimum Gasteiger partial charge on any atom is -0.372 e. The lowest BCUT2D eigenvalue weighted by molar-refractivity contribution is -0.148. The average molecular weight is 366 g/mol. The topological polar surface area (TPSA) is 53.1 Å². The van der Waals surface area contributed by atoms with Crippen LogP contribution in [0.3, 0.4) is 0 Å². The SMILES string of the molecule is CC(C)CN1CCOC2(CCN(C(=O)C3(C)CCN(C)C3)CC2)CC1=O. The Morgan fingerprint density at radius 3 is 2.42 bits per heavy atom. The highest BCUT2D eigenvalue weighted by Gasteiger charge is 2.46. The predicted octanol–water partition coefficient (Wildman–Crippen LogP) is 1.59. The van der Waals surface area contributed by atoms with Crippen molar-refractivity contribution >= 4 is 11.8 Å². The van der Waals surface area contributed by atoms with Crippen molar-refractivity contribution in [2.24, 2.45) is 11.3 Å². The van der Waals surface area contributed by atoms with Crippen LogP contribution in [0.4, 0.5) is 0 Å². The summed E-state index contributed by atoms with van der Waals surface area (Å²) in [6, 6.07) is 0. The minimum atomic E-state index is -0.368. The highest BCUT2D eigenvalue weighted by molar-refractivity contribution is 5.83. The molecule has 3 rings (SSSR count). The van der Waals surface area contributed by atoms with E-state index in [-0.39, 0.29) is 22.8 Å². The largest absolute Gasteiger partial charge is 0.372 e. The van der Waals surface area contributed by atoms with E-state index in [4.69, 9.17) is 4.74 Å². The Balaban J connectivity index is 1.59. The molecule has 1 spiro atoms. The lowest BCUT2D eigenvalue weighted by Crippen LogP contribution is -2.52. The van der Waals surface area contributed by atoms with Gasteiger partial charge in [0.15, 0.2) is 0 Å². The fourth-order valence-electron chi connectivity index (χ4n) is 4.76. The molecule has 1 atom stereocenters. The zero-order chi connectivity index (χ0) is 18.9. The van der Waals surface area contributed by atoms with Crippen molar-refractivity contribution in [3.8, 4) is 0 Å². The zero-order valence-corrected chi connectivity index (χ0v) is 16.9. The second kappa shape index (κ2) is 7.47. The zero-order valence-electron chi connectivity index (χ0n) is 16.9. The summed E-state index contributed by atoms with van der Waals surface area (Å²) in [6.45, 7) is 11.7. The van der Waals surface area contributed by atoms with Crippen LogP contribution in [0, 0.1) is 11.3 Å². The van der Waals surface area contributed by atoms with Crippen LogP contribution in [0.5, 0.6) is 0 Å². The van der Waals surface area contributed by atoms with Crippen molar-refractivity contribution in [3.63, 3.8) is 0 Å². The molecule has 3 aliphatic rings. The molecule has 3 fully saturated rings. The van der Waals surface area contributed by atoms with Crippen LogP contribution in [0.1, 0.15) is 46.5 Å². The van der Waals surface area contributed by atoms with Crippen molar-refractivity contribution in [1.82, 2.24) is 14.7 Å². The standard InChI is InChI=1S/C20H35N3O3/c1-16(2)14-23-11-12-26-20(13-17(23)24)6-9-22(10-7-20)18(25)19(3)5-8-21(4)15-19/h16H,5-15H2,1-4H3. The van der Waals surface area contributed by atoms with E-state index in [0.717, 1.165) is 38.9 Å². The molecule has 0 radical (unpaired) electrons. The van der Waals surface area contributed by atoms with Gasteiger partial charge in [0.25, 0.3) is 0 Å². The van der Waals surface area contributed by atoms with Crippen LogP contribution >= 0.6 is 0 Å². The van der Waals surface area contributed by atoms with Crippen LogP contribution in [0.15, 0.2) is 0 Å². The van der Waals surface area contributed by atoms with Crippen LogP contribution in [-0.4, -0.2) is 85.0 Å². The lowest BCUT2D eigenvalue weighted by atomic mass is 9.84. The summed E-state index contributed by atoms with van der Waals surface area (Å²) < 4.78 is 6.20. The fraction of sp³-hybridized carbons (Fsp3) is 0.900. The molecule has 3 aliphatic heterocycles. The van der Waals surface area contributed by atoms with Gasteiger partial charge in [-0.05, 0) is 45.7 Å². The molecule has 0 bridgehead atoms. The first kappa shape index (κ1) is 19.6. The smallest absolute Gasteiger partial charge is 0.229 e. The maximum absolute atomic E-state index is 13.0. The lowest BCUT2D eigenvalue weighted by Gasteiger charge is -2.42. The Hall–Kier alpha value is -1.14. The molecule has 148 valence electrons. The van der Waals surface area contributed by atoms with E-state index >= 15 is 0 Å². The quantitative estimate of drug-likeness (QED) is 0.762. The van der Waals surface area contributed by atoms with Crippen LogP contribution in [0.2, 0.25) is 0 Å². The molecule has 0 saturated carbocycles. The molecular formula is C20H35N3O3. The molecule has 0 aromatic rings. The third-order valence-corrected chi connectivity index (χ3v) is 6.32. The monoisotopic (exact) mass is 365 g/mol.